The molecule has 174 valence electrons. The first kappa shape index (κ1) is 26.6. The van der Waals surface area contributed by atoms with Gasteiger partial charge in [-0.25, -0.2) is 4.79 Å². The summed E-state index contributed by atoms with van der Waals surface area (Å²) >= 11 is -0.258. The molecule has 0 aromatic heterocycles. The van der Waals surface area contributed by atoms with Crippen molar-refractivity contribution in [2.45, 2.75) is 63.1 Å². The van der Waals surface area contributed by atoms with E-state index < -0.39 is 35.1 Å². The highest BCUT2D eigenvalue weighted by Crippen LogP contribution is 2.37. The molecule has 0 aliphatic rings. The van der Waals surface area contributed by atoms with Crippen molar-refractivity contribution in [1.29, 1.82) is 0 Å². The van der Waals surface area contributed by atoms with Crippen molar-refractivity contribution in [3.05, 3.63) is 24.3 Å². The van der Waals surface area contributed by atoms with E-state index in [0.717, 1.165) is 0 Å². The van der Waals surface area contributed by atoms with Crippen molar-refractivity contribution in [2.24, 2.45) is 5.92 Å². The molecular formula is C20H28F3N3O4S. The van der Waals surface area contributed by atoms with Crippen LogP contribution >= 0.6 is 11.8 Å². The lowest BCUT2D eigenvalue weighted by molar-refractivity contribution is -0.154. The van der Waals surface area contributed by atoms with Gasteiger partial charge in [-0.3, -0.25) is 9.59 Å². The summed E-state index contributed by atoms with van der Waals surface area (Å²) in [6.07, 6.45) is 0.314. The van der Waals surface area contributed by atoms with Crippen LogP contribution in [0.1, 0.15) is 41.0 Å². The molecule has 3 N–H and O–H groups in total. The molecule has 0 saturated heterocycles. The molecule has 1 aromatic carbocycles. The summed E-state index contributed by atoms with van der Waals surface area (Å²) in [6, 6.07) is 3.50. The van der Waals surface area contributed by atoms with Gasteiger partial charge in [0.15, 0.2) is 0 Å². The van der Waals surface area contributed by atoms with Gasteiger partial charge < -0.3 is 20.7 Å². The van der Waals surface area contributed by atoms with Gasteiger partial charge >= 0.3 is 17.5 Å². The Morgan fingerprint density at radius 1 is 1.06 bits per heavy atom. The van der Waals surface area contributed by atoms with Crippen molar-refractivity contribution in [3.63, 3.8) is 0 Å². The summed E-state index contributed by atoms with van der Waals surface area (Å²) < 4.78 is 42.3. The number of ether oxygens (including phenoxy) is 1. The molecule has 0 saturated carbocycles. The Bertz CT molecular complexity index is 762. The van der Waals surface area contributed by atoms with E-state index in [1.54, 1.807) is 20.8 Å². The molecule has 31 heavy (non-hydrogen) atoms. The SMILES string of the molecule is CC(C)CC(NC(=O)Nc1ccc(SC(F)(F)F)cc1)C(=O)NCC(=O)OC(C)(C)C. The maximum absolute atomic E-state index is 12.4. The Morgan fingerprint density at radius 3 is 2.13 bits per heavy atom. The summed E-state index contributed by atoms with van der Waals surface area (Å²) in [5.41, 5.74) is -4.82. The average Bonchev–Trinajstić information content (AvgIpc) is 2.57. The Labute approximate surface area is 183 Å². The first-order chi connectivity index (χ1) is 14.1. The van der Waals surface area contributed by atoms with Crippen LogP contribution in [0.5, 0.6) is 0 Å². The minimum absolute atomic E-state index is 0.0161. The normalized spacial score (nSPS) is 12.8. The summed E-state index contributed by atoms with van der Waals surface area (Å²) in [6.45, 7) is 8.50. The standard InChI is InChI=1S/C20H28F3N3O4S/c1-12(2)10-15(17(28)24-11-16(27)30-19(3,4)5)26-18(29)25-13-6-8-14(9-7-13)31-20(21,22)23/h6-9,12,15H,10-11H2,1-5H3,(H,24,28)(H2,25,26,29). The maximum atomic E-state index is 12.4. The lowest BCUT2D eigenvalue weighted by Crippen LogP contribution is -2.50. The van der Waals surface area contributed by atoms with Gasteiger partial charge in [0.2, 0.25) is 5.91 Å². The number of urea groups is 1. The van der Waals surface area contributed by atoms with E-state index in [-0.39, 0.29) is 34.8 Å². The Morgan fingerprint density at radius 2 is 1.65 bits per heavy atom. The summed E-state index contributed by atoms with van der Waals surface area (Å²) in [5, 5.41) is 7.44. The number of alkyl halides is 3. The van der Waals surface area contributed by atoms with Crippen LogP contribution in [0.15, 0.2) is 29.2 Å². The molecule has 1 rings (SSSR count). The molecular weight excluding hydrogens is 435 g/mol. The monoisotopic (exact) mass is 463 g/mol. The summed E-state index contributed by atoms with van der Waals surface area (Å²) in [4.78, 5) is 36.5. The molecule has 0 spiro atoms. The van der Waals surface area contributed by atoms with Crippen molar-refractivity contribution in [1.82, 2.24) is 10.6 Å². The van der Waals surface area contributed by atoms with E-state index in [1.165, 1.54) is 24.3 Å². The van der Waals surface area contributed by atoms with Gasteiger partial charge in [0, 0.05) is 10.6 Å². The Kier molecular flexibility index (Phi) is 9.67. The number of nitrogens with one attached hydrogen (secondary N) is 3. The quantitative estimate of drug-likeness (QED) is 0.395. The van der Waals surface area contributed by atoms with Crippen LogP contribution in [0.4, 0.5) is 23.7 Å². The van der Waals surface area contributed by atoms with E-state index in [2.05, 4.69) is 16.0 Å². The number of hydrogen-bond donors (Lipinski definition) is 3. The Hall–Kier alpha value is -2.43. The topological polar surface area (TPSA) is 96.5 Å². The van der Waals surface area contributed by atoms with Crippen molar-refractivity contribution < 1.29 is 32.3 Å². The third-order valence-electron chi connectivity index (χ3n) is 3.50. The zero-order valence-electron chi connectivity index (χ0n) is 18.1. The van der Waals surface area contributed by atoms with Crippen molar-refractivity contribution in [3.8, 4) is 0 Å². The molecule has 7 nitrogen and oxygen atoms in total. The van der Waals surface area contributed by atoms with Gasteiger partial charge in [0.1, 0.15) is 18.2 Å². The minimum atomic E-state index is -4.40. The van der Waals surface area contributed by atoms with E-state index in [4.69, 9.17) is 4.74 Å². The molecule has 1 aromatic rings. The van der Waals surface area contributed by atoms with Crippen LogP contribution in [0.2, 0.25) is 0 Å². The lowest BCUT2D eigenvalue weighted by atomic mass is 10.0. The number of carbonyl (C=O) groups excluding carboxylic acids is 3. The van der Waals surface area contributed by atoms with Gasteiger partial charge in [-0.2, -0.15) is 13.2 Å². The van der Waals surface area contributed by atoms with Crippen LogP contribution in [0.25, 0.3) is 0 Å². The van der Waals surface area contributed by atoms with E-state index in [9.17, 15) is 27.6 Å². The summed E-state index contributed by atoms with van der Waals surface area (Å²) in [7, 11) is 0. The molecule has 0 bridgehead atoms. The number of carbonyl (C=O) groups is 3. The van der Waals surface area contributed by atoms with Gasteiger partial charge in [0.25, 0.3) is 0 Å². The van der Waals surface area contributed by atoms with Gasteiger partial charge in [-0.1, -0.05) is 13.8 Å². The molecule has 0 fully saturated rings. The minimum Gasteiger partial charge on any atom is -0.459 e. The number of rotatable bonds is 8. The molecule has 0 aliphatic carbocycles. The highest BCUT2D eigenvalue weighted by molar-refractivity contribution is 8.00. The third kappa shape index (κ3) is 12.1. The van der Waals surface area contributed by atoms with Crippen molar-refractivity contribution in [2.75, 3.05) is 11.9 Å². The van der Waals surface area contributed by atoms with Crippen LogP contribution in [-0.4, -0.2) is 41.6 Å². The highest BCUT2D eigenvalue weighted by atomic mass is 32.2. The highest BCUT2D eigenvalue weighted by Gasteiger charge is 2.29. The van der Waals surface area contributed by atoms with Gasteiger partial charge in [-0.15, -0.1) is 0 Å². The molecule has 0 radical (unpaired) electrons. The molecule has 1 atom stereocenters. The maximum Gasteiger partial charge on any atom is 0.446 e. The zero-order valence-corrected chi connectivity index (χ0v) is 18.9. The lowest BCUT2D eigenvalue weighted by Gasteiger charge is -2.22. The number of halogens is 3. The fraction of sp³-hybridized carbons (Fsp3) is 0.550. The molecule has 3 amide bonds. The number of hydrogen-bond acceptors (Lipinski definition) is 5. The van der Waals surface area contributed by atoms with Gasteiger partial charge in [0.05, 0.1) is 0 Å². The number of anilines is 1. The van der Waals surface area contributed by atoms with Crippen LogP contribution in [-0.2, 0) is 14.3 Å². The number of amides is 3. The number of thioether (sulfide) groups is 1. The van der Waals surface area contributed by atoms with Crippen molar-refractivity contribution >= 4 is 35.4 Å². The fourth-order valence-electron chi connectivity index (χ4n) is 2.43. The van der Waals surface area contributed by atoms with Crippen LogP contribution in [0, 0.1) is 5.92 Å². The molecule has 0 aliphatic heterocycles. The van der Waals surface area contributed by atoms with E-state index >= 15 is 0 Å². The number of esters is 1. The smallest absolute Gasteiger partial charge is 0.446 e. The van der Waals surface area contributed by atoms with Crippen LogP contribution < -0.4 is 16.0 Å². The largest absolute Gasteiger partial charge is 0.459 e. The zero-order chi connectivity index (χ0) is 23.8. The molecule has 0 heterocycles. The second-order valence-electron chi connectivity index (χ2n) is 8.16. The second kappa shape index (κ2) is 11.3. The number of benzene rings is 1. The average molecular weight is 464 g/mol. The van der Waals surface area contributed by atoms with Gasteiger partial charge in [-0.05, 0) is 69.1 Å². The first-order valence-corrected chi connectivity index (χ1v) is 10.4. The van der Waals surface area contributed by atoms with Crippen LogP contribution in [0.3, 0.4) is 0 Å². The predicted octanol–water partition coefficient (Wildman–Crippen LogP) is 4.29. The fourth-order valence-corrected chi connectivity index (χ4v) is 2.97. The molecule has 11 heteroatoms. The Balaban J connectivity index is 2.66. The second-order valence-corrected chi connectivity index (χ2v) is 9.30. The third-order valence-corrected chi connectivity index (χ3v) is 4.24. The van der Waals surface area contributed by atoms with E-state index in [1.807, 2.05) is 13.8 Å². The predicted molar refractivity (Wildman–Crippen MR) is 113 cm³/mol. The molecule has 1 unspecified atom stereocenters. The summed E-state index contributed by atoms with van der Waals surface area (Å²) in [5.74, 6) is -1.09. The first-order valence-electron chi connectivity index (χ1n) is 9.57. The van der Waals surface area contributed by atoms with E-state index in [0.29, 0.717) is 6.42 Å².